The van der Waals surface area contributed by atoms with Gasteiger partial charge in [0.2, 0.25) is 0 Å². The minimum atomic E-state index is 0.660. The lowest BCUT2D eigenvalue weighted by Gasteiger charge is -2.09. The number of nitrogens with one attached hydrogen (secondary N) is 3. The van der Waals surface area contributed by atoms with Gasteiger partial charge in [0.05, 0.1) is 0 Å². The molecule has 2 rings (SSSR count). The molecule has 3 N–H and O–H groups in total. The Morgan fingerprint density at radius 2 is 2.58 bits per heavy atom. The van der Waals surface area contributed by atoms with Crippen molar-refractivity contribution in [2.24, 2.45) is 0 Å². The minimum absolute atomic E-state index is 0.660. The van der Waals surface area contributed by atoms with E-state index in [0.29, 0.717) is 6.04 Å². The molecule has 3 heteroatoms. The van der Waals surface area contributed by atoms with Gasteiger partial charge >= 0.3 is 0 Å². The van der Waals surface area contributed by atoms with Crippen LogP contribution in [-0.2, 0) is 6.54 Å². The Bertz CT molecular complexity index is 212. The summed E-state index contributed by atoms with van der Waals surface area (Å²) < 4.78 is 0. The molecule has 66 valence electrons. The van der Waals surface area contributed by atoms with Crippen molar-refractivity contribution in [3.05, 3.63) is 24.0 Å². The maximum absolute atomic E-state index is 3.49. The fourth-order valence-corrected chi connectivity index (χ4v) is 1.56. The zero-order chi connectivity index (χ0) is 8.23. The van der Waals surface area contributed by atoms with Crippen molar-refractivity contribution in [3.63, 3.8) is 0 Å². The lowest BCUT2D eigenvalue weighted by Crippen LogP contribution is -2.30. The van der Waals surface area contributed by atoms with E-state index in [1.54, 1.807) is 0 Å². The molecule has 0 aromatic carbocycles. The van der Waals surface area contributed by atoms with Gasteiger partial charge in [-0.15, -0.1) is 0 Å². The van der Waals surface area contributed by atoms with Crippen LogP contribution in [0.15, 0.2) is 18.3 Å². The van der Waals surface area contributed by atoms with Crippen molar-refractivity contribution in [3.8, 4) is 0 Å². The molecule has 1 aromatic heterocycles. The first-order valence-corrected chi connectivity index (χ1v) is 4.51. The van der Waals surface area contributed by atoms with Crippen LogP contribution in [0.4, 0.5) is 0 Å². The van der Waals surface area contributed by atoms with Crippen LogP contribution in [0.25, 0.3) is 0 Å². The average Bonchev–Trinajstić information content (AvgIpc) is 2.74. The first-order chi connectivity index (χ1) is 5.95. The molecule has 0 spiro atoms. The molecule has 1 atom stereocenters. The molecule has 12 heavy (non-hydrogen) atoms. The fourth-order valence-electron chi connectivity index (χ4n) is 1.56. The van der Waals surface area contributed by atoms with E-state index in [2.05, 4.69) is 21.7 Å². The lowest BCUT2D eigenvalue weighted by molar-refractivity contribution is 0.543. The van der Waals surface area contributed by atoms with Crippen LogP contribution in [0, 0.1) is 0 Å². The van der Waals surface area contributed by atoms with Gasteiger partial charge in [-0.05, 0) is 25.1 Å². The predicted octanol–water partition coefficient (Wildman–Crippen LogP) is 0.466. The monoisotopic (exact) mass is 165 g/mol. The molecule has 0 radical (unpaired) electrons. The molecular weight excluding hydrogens is 150 g/mol. The van der Waals surface area contributed by atoms with E-state index in [1.807, 2.05) is 12.3 Å². The summed E-state index contributed by atoms with van der Waals surface area (Å²) in [4.78, 5) is 3.18. The molecule has 0 amide bonds. The van der Waals surface area contributed by atoms with Crippen LogP contribution in [0.2, 0.25) is 0 Å². The van der Waals surface area contributed by atoms with Crippen molar-refractivity contribution in [1.29, 1.82) is 0 Å². The number of aromatic nitrogens is 1. The standard InChI is InChI=1S/C9H15N3/c1-2-8(11-4-1)7-12-9-3-5-10-6-9/h1-2,4,9-12H,3,5-7H2. The topological polar surface area (TPSA) is 39.9 Å². The Kier molecular flexibility index (Phi) is 2.44. The van der Waals surface area contributed by atoms with Crippen LogP contribution in [0.3, 0.4) is 0 Å². The molecule has 2 heterocycles. The number of hydrogen-bond donors (Lipinski definition) is 3. The number of H-pyrrole nitrogens is 1. The van der Waals surface area contributed by atoms with Crippen molar-refractivity contribution >= 4 is 0 Å². The summed E-state index contributed by atoms with van der Waals surface area (Å²) in [5.41, 5.74) is 1.27. The summed E-state index contributed by atoms with van der Waals surface area (Å²) >= 11 is 0. The van der Waals surface area contributed by atoms with Gasteiger partial charge in [0.15, 0.2) is 0 Å². The Morgan fingerprint density at radius 1 is 1.58 bits per heavy atom. The molecule has 1 aromatic rings. The number of hydrogen-bond acceptors (Lipinski definition) is 2. The number of rotatable bonds is 3. The van der Waals surface area contributed by atoms with Gasteiger partial charge in [0.25, 0.3) is 0 Å². The predicted molar refractivity (Wildman–Crippen MR) is 48.9 cm³/mol. The molecular formula is C9H15N3. The van der Waals surface area contributed by atoms with Crippen molar-refractivity contribution < 1.29 is 0 Å². The molecule has 0 aliphatic carbocycles. The second kappa shape index (κ2) is 3.74. The molecule has 1 saturated heterocycles. The average molecular weight is 165 g/mol. The smallest absolute Gasteiger partial charge is 0.0360 e. The summed E-state index contributed by atoms with van der Waals surface area (Å²) in [7, 11) is 0. The molecule has 0 saturated carbocycles. The van der Waals surface area contributed by atoms with Crippen molar-refractivity contribution in [1.82, 2.24) is 15.6 Å². The maximum atomic E-state index is 3.49. The zero-order valence-electron chi connectivity index (χ0n) is 7.14. The van der Waals surface area contributed by atoms with Gasteiger partial charge in [-0.2, -0.15) is 0 Å². The van der Waals surface area contributed by atoms with Gasteiger partial charge in [0, 0.05) is 31.0 Å². The largest absolute Gasteiger partial charge is 0.364 e. The van der Waals surface area contributed by atoms with E-state index >= 15 is 0 Å². The SMILES string of the molecule is c1c[nH]c(CNC2CCNC2)c1. The van der Waals surface area contributed by atoms with E-state index in [0.717, 1.165) is 19.6 Å². The Morgan fingerprint density at radius 3 is 3.25 bits per heavy atom. The zero-order valence-corrected chi connectivity index (χ0v) is 7.14. The molecule has 1 aliphatic heterocycles. The molecule has 1 unspecified atom stereocenters. The van der Waals surface area contributed by atoms with E-state index in [-0.39, 0.29) is 0 Å². The van der Waals surface area contributed by atoms with Gasteiger partial charge in [0.1, 0.15) is 0 Å². The van der Waals surface area contributed by atoms with Gasteiger partial charge in [-0.3, -0.25) is 0 Å². The normalized spacial score (nSPS) is 23.2. The van der Waals surface area contributed by atoms with Crippen molar-refractivity contribution in [2.45, 2.75) is 19.0 Å². The summed E-state index contributed by atoms with van der Waals surface area (Å²) in [6.45, 7) is 3.22. The first kappa shape index (κ1) is 7.83. The van der Waals surface area contributed by atoms with Gasteiger partial charge in [-0.1, -0.05) is 0 Å². The van der Waals surface area contributed by atoms with E-state index in [9.17, 15) is 0 Å². The Balaban J connectivity index is 1.74. The summed E-state index contributed by atoms with van der Waals surface area (Å²) in [5.74, 6) is 0. The maximum Gasteiger partial charge on any atom is 0.0360 e. The fraction of sp³-hybridized carbons (Fsp3) is 0.556. The highest BCUT2D eigenvalue weighted by Crippen LogP contribution is 1.99. The van der Waals surface area contributed by atoms with Crippen LogP contribution in [-0.4, -0.2) is 24.1 Å². The summed E-state index contributed by atoms with van der Waals surface area (Å²) in [6.07, 6.45) is 3.21. The minimum Gasteiger partial charge on any atom is -0.364 e. The lowest BCUT2D eigenvalue weighted by atomic mass is 10.2. The quantitative estimate of drug-likeness (QED) is 0.609. The summed E-state index contributed by atoms with van der Waals surface area (Å²) in [5, 5.41) is 6.82. The molecule has 1 aliphatic rings. The summed E-state index contributed by atoms with van der Waals surface area (Å²) in [6, 6.07) is 4.80. The third-order valence-corrected chi connectivity index (χ3v) is 2.30. The van der Waals surface area contributed by atoms with E-state index < -0.39 is 0 Å². The van der Waals surface area contributed by atoms with Crippen LogP contribution in [0.5, 0.6) is 0 Å². The molecule has 3 nitrogen and oxygen atoms in total. The highest BCUT2D eigenvalue weighted by atomic mass is 15.0. The van der Waals surface area contributed by atoms with Gasteiger partial charge < -0.3 is 15.6 Å². The Labute approximate surface area is 72.6 Å². The second-order valence-electron chi connectivity index (χ2n) is 3.27. The highest BCUT2D eigenvalue weighted by Gasteiger charge is 2.12. The third kappa shape index (κ3) is 1.87. The van der Waals surface area contributed by atoms with Gasteiger partial charge in [-0.25, -0.2) is 0 Å². The first-order valence-electron chi connectivity index (χ1n) is 4.51. The van der Waals surface area contributed by atoms with E-state index in [1.165, 1.54) is 12.1 Å². The number of aromatic amines is 1. The third-order valence-electron chi connectivity index (χ3n) is 2.30. The van der Waals surface area contributed by atoms with E-state index in [4.69, 9.17) is 0 Å². The Hall–Kier alpha value is -0.800. The van der Waals surface area contributed by atoms with Crippen LogP contribution < -0.4 is 10.6 Å². The molecule has 0 bridgehead atoms. The van der Waals surface area contributed by atoms with Crippen molar-refractivity contribution in [2.75, 3.05) is 13.1 Å². The van der Waals surface area contributed by atoms with Crippen LogP contribution in [0.1, 0.15) is 12.1 Å². The highest BCUT2D eigenvalue weighted by molar-refractivity contribution is 5.03. The second-order valence-corrected chi connectivity index (χ2v) is 3.27. The molecule has 1 fully saturated rings. The van der Waals surface area contributed by atoms with Crippen LogP contribution >= 0.6 is 0 Å².